The number of thioether (sulfide) groups is 1. The van der Waals surface area contributed by atoms with Crippen LogP contribution in [0.5, 0.6) is 5.75 Å². The molecule has 3 aromatic rings. The molecule has 1 heterocycles. The number of amides is 1. The van der Waals surface area contributed by atoms with Gasteiger partial charge in [0.25, 0.3) is 0 Å². The van der Waals surface area contributed by atoms with E-state index in [9.17, 15) is 4.79 Å². The third-order valence-electron chi connectivity index (χ3n) is 3.93. The van der Waals surface area contributed by atoms with Gasteiger partial charge >= 0.3 is 0 Å². The van der Waals surface area contributed by atoms with Gasteiger partial charge in [0.15, 0.2) is 11.0 Å². The topological polar surface area (TPSA) is 69.0 Å². The highest BCUT2D eigenvalue weighted by Crippen LogP contribution is 2.30. The second kappa shape index (κ2) is 9.23. The van der Waals surface area contributed by atoms with E-state index in [1.54, 1.807) is 0 Å². The lowest BCUT2D eigenvalue weighted by Crippen LogP contribution is -2.24. The molecule has 1 amide bonds. The Balaban J connectivity index is 1.62. The highest BCUT2D eigenvalue weighted by atomic mass is 32.2. The van der Waals surface area contributed by atoms with Crippen molar-refractivity contribution in [2.24, 2.45) is 7.05 Å². The van der Waals surface area contributed by atoms with Gasteiger partial charge < -0.3 is 14.6 Å². The van der Waals surface area contributed by atoms with Crippen LogP contribution in [-0.4, -0.2) is 33.0 Å². The third-order valence-corrected chi connectivity index (χ3v) is 4.95. The first-order chi connectivity index (χ1) is 13.2. The quantitative estimate of drug-likeness (QED) is 0.606. The van der Waals surface area contributed by atoms with Crippen molar-refractivity contribution in [3.05, 3.63) is 60.2 Å². The normalized spacial score (nSPS) is 10.6. The van der Waals surface area contributed by atoms with Gasteiger partial charge in [-0.05, 0) is 24.6 Å². The molecule has 0 atom stereocenters. The minimum Gasteiger partial charge on any atom is -0.493 e. The van der Waals surface area contributed by atoms with E-state index >= 15 is 0 Å². The number of hydrogen-bond donors (Lipinski definition) is 1. The first-order valence-electron chi connectivity index (χ1n) is 8.74. The van der Waals surface area contributed by atoms with E-state index in [4.69, 9.17) is 4.74 Å². The molecule has 0 saturated heterocycles. The smallest absolute Gasteiger partial charge is 0.230 e. The second-order valence-corrected chi connectivity index (χ2v) is 6.79. The van der Waals surface area contributed by atoms with E-state index in [0.717, 1.165) is 16.9 Å². The molecule has 0 fully saturated rings. The highest BCUT2D eigenvalue weighted by Gasteiger charge is 2.16. The van der Waals surface area contributed by atoms with Crippen molar-refractivity contribution in [1.29, 1.82) is 0 Å². The number of rotatable bonds is 8. The summed E-state index contributed by atoms with van der Waals surface area (Å²) >= 11 is 1.36. The molecule has 0 aliphatic rings. The zero-order valence-corrected chi connectivity index (χ0v) is 16.2. The van der Waals surface area contributed by atoms with Crippen molar-refractivity contribution in [2.75, 3.05) is 12.4 Å². The summed E-state index contributed by atoms with van der Waals surface area (Å²) in [7, 11) is 1.89. The zero-order valence-electron chi connectivity index (χ0n) is 15.4. The number of benzene rings is 2. The number of aromatic nitrogens is 3. The molecule has 0 unspecified atom stereocenters. The Bertz CT molecular complexity index is 896. The summed E-state index contributed by atoms with van der Waals surface area (Å²) in [5.74, 6) is 1.73. The molecule has 0 radical (unpaired) electrons. The van der Waals surface area contributed by atoms with Crippen LogP contribution < -0.4 is 10.1 Å². The van der Waals surface area contributed by atoms with Gasteiger partial charge in [-0.15, -0.1) is 10.2 Å². The van der Waals surface area contributed by atoms with Gasteiger partial charge in [0.1, 0.15) is 5.75 Å². The molecule has 6 nitrogen and oxygen atoms in total. The second-order valence-electron chi connectivity index (χ2n) is 5.85. The van der Waals surface area contributed by atoms with Crippen LogP contribution in [0.4, 0.5) is 0 Å². The summed E-state index contributed by atoms with van der Waals surface area (Å²) in [4.78, 5) is 12.1. The average molecular weight is 382 g/mol. The Morgan fingerprint density at radius 2 is 1.85 bits per heavy atom. The summed E-state index contributed by atoms with van der Waals surface area (Å²) in [5.41, 5.74) is 1.96. The molecule has 0 spiro atoms. The third kappa shape index (κ3) is 4.89. The van der Waals surface area contributed by atoms with Crippen LogP contribution >= 0.6 is 11.8 Å². The predicted molar refractivity (Wildman–Crippen MR) is 107 cm³/mol. The monoisotopic (exact) mass is 382 g/mol. The summed E-state index contributed by atoms with van der Waals surface area (Å²) in [5, 5.41) is 12.1. The Morgan fingerprint density at radius 3 is 2.63 bits per heavy atom. The number of carbonyl (C=O) groups excluding carboxylic acids is 1. The van der Waals surface area contributed by atoms with Crippen LogP contribution in [0.15, 0.2) is 59.8 Å². The molecule has 1 N–H and O–H groups in total. The van der Waals surface area contributed by atoms with E-state index < -0.39 is 0 Å². The molecule has 3 rings (SSSR count). The van der Waals surface area contributed by atoms with Crippen LogP contribution in [0.25, 0.3) is 11.4 Å². The highest BCUT2D eigenvalue weighted by molar-refractivity contribution is 7.99. The van der Waals surface area contributed by atoms with Gasteiger partial charge in [-0.2, -0.15) is 0 Å². The van der Waals surface area contributed by atoms with Gasteiger partial charge in [-0.3, -0.25) is 4.79 Å². The molecule has 0 bridgehead atoms. The van der Waals surface area contributed by atoms with Crippen LogP contribution in [0.3, 0.4) is 0 Å². The number of nitrogens with one attached hydrogen (secondary N) is 1. The average Bonchev–Trinajstić information content (AvgIpc) is 3.06. The molecule has 7 heteroatoms. The fraction of sp³-hybridized carbons (Fsp3) is 0.250. The van der Waals surface area contributed by atoms with Crippen LogP contribution in [0, 0.1) is 0 Å². The first-order valence-corrected chi connectivity index (χ1v) is 9.72. The van der Waals surface area contributed by atoms with Gasteiger partial charge in [0, 0.05) is 13.6 Å². The van der Waals surface area contributed by atoms with Crippen molar-refractivity contribution in [3.63, 3.8) is 0 Å². The number of nitrogens with zero attached hydrogens (tertiary/aromatic N) is 3. The molecule has 140 valence electrons. The van der Waals surface area contributed by atoms with Crippen molar-refractivity contribution in [3.8, 4) is 17.1 Å². The number of ether oxygens (including phenoxy) is 1. The predicted octanol–water partition coefficient (Wildman–Crippen LogP) is 3.29. The first kappa shape index (κ1) is 19.0. The molecular weight excluding hydrogens is 360 g/mol. The van der Waals surface area contributed by atoms with Gasteiger partial charge in [0.05, 0.1) is 17.9 Å². The molecular formula is C20H22N4O2S. The fourth-order valence-electron chi connectivity index (χ4n) is 2.59. The van der Waals surface area contributed by atoms with Crippen molar-refractivity contribution >= 4 is 17.7 Å². The number of hydrogen-bond acceptors (Lipinski definition) is 5. The van der Waals surface area contributed by atoms with E-state index in [-0.39, 0.29) is 11.7 Å². The maximum Gasteiger partial charge on any atom is 0.230 e. The van der Waals surface area contributed by atoms with E-state index in [2.05, 4.69) is 15.5 Å². The van der Waals surface area contributed by atoms with Crippen LogP contribution in [0.1, 0.15) is 12.5 Å². The Labute approximate surface area is 163 Å². The summed E-state index contributed by atoms with van der Waals surface area (Å²) in [6.45, 7) is 3.05. The van der Waals surface area contributed by atoms with Gasteiger partial charge in [-0.25, -0.2) is 0 Å². The van der Waals surface area contributed by atoms with E-state index in [1.165, 1.54) is 11.8 Å². The largest absolute Gasteiger partial charge is 0.493 e. The SMILES string of the molecule is CCOc1ccccc1-c1nnc(SCC(=O)NCc2ccccc2)n1C. The Morgan fingerprint density at radius 1 is 1.11 bits per heavy atom. The summed E-state index contributed by atoms with van der Waals surface area (Å²) < 4.78 is 7.56. The molecule has 1 aromatic heterocycles. The van der Waals surface area contributed by atoms with Crippen LogP contribution in [0.2, 0.25) is 0 Å². The Hall–Kier alpha value is -2.80. The lowest BCUT2D eigenvalue weighted by atomic mass is 10.2. The number of para-hydroxylation sites is 1. The summed E-state index contributed by atoms with van der Waals surface area (Å²) in [6, 6.07) is 17.6. The van der Waals surface area contributed by atoms with Crippen molar-refractivity contribution in [1.82, 2.24) is 20.1 Å². The maximum absolute atomic E-state index is 12.1. The Kier molecular flexibility index (Phi) is 6.49. The minimum atomic E-state index is -0.0388. The lowest BCUT2D eigenvalue weighted by Gasteiger charge is -2.09. The van der Waals surface area contributed by atoms with E-state index in [0.29, 0.717) is 24.1 Å². The standard InChI is InChI=1S/C20H22N4O2S/c1-3-26-17-12-8-7-11-16(17)19-22-23-20(24(19)2)27-14-18(25)21-13-15-9-5-4-6-10-15/h4-12H,3,13-14H2,1-2H3,(H,21,25). The molecule has 2 aromatic carbocycles. The fourth-order valence-corrected chi connectivity index (χ4v) is 3.33. The minimum absolute atomic E-state index is 0.0388. The van der Waals surface area contributed by atoms with Crippen LogP contribution in [-0.2, 0) is 18.4 Å². The lowest BCUT2D eigenvalue weighted by molar-refractivity contribution is -0.118. The molecule has 0 aliphatic carbocycles. The van der Waals surface area contributed by atoms with Gasteiger partial charge in [-0.1, -0.05) is 54.2 Å². The van der Waals surface area contributed by atoms with Gasteiger partial charge in [0.2, 0.25) is 5.91 Å². The number of carbonyl (C=O) groups is 1. The molecule has 0 saturated carbocycles. The summed E-state index contributed by atoms with van der Waals surface area (Å²) in [6.07, 6.45) is 0. The maximum atomic E-state index is 12.1. The van der Waals surface area contributed by atoms with Crippen molar-refractivity contribution < 1.29 is 9.53 Å². The van der Waals surface area contributed by atoms with E-state index in [1.807, 2.05) is 73.1 Å². The molecule has 0 aliphatic heterocycles. The molecule has 27 heavy (non-hydrogen) atoms. The van der Waals surface area contributed by atoms with Crippen molar-refractivity contribution in [2.45, 2.75) is 18.6 Å². The zero-order chi connectivity index (χ0) is 19.1.